The second-order valence-corrected chi connectivity index (χ2v) is 3.15. The van der Waals surface area contributed by atoms with Crippen molar-refractivity contribution in [2.45, 2.75) is 19.8 Å². The molecule has 0 bridgehead atoms. The van der Waals surface area contributed by atoms with Gasteiger partial charge in [0.15, 0.2) is 0 Å². The van der Waals surface area contributed by atoms with Gasteiger partial charge in [-0.15, -0.1) is 0 Å². The van der Waals surface area contributed by atoms with Crippen LogP contribution in [-0.4, -0.2) is 19.9 Å². The van der Waals surface area contributed by atoms with Crippen LogP contribution in [0.3, 0.4) is 0 Å². The molecule has 0 aromatic heterocycles. The van der Waals surface area contributed by atoms with Gasteiger partial charge in [-0.2, -0.15) is 0 Å². The fraction of sp³-hybridized carbons (Fsp3) is 0.417. The van der Waals surface area contributed by atoms with Gasteiger partial charge in [0.25, 0.3) is 0 Å². The molecule has 0 spiro atoms. The molecule has 1 rings (SSSR count). The third kappa shape index (κ3) is 2.59. The summed E-state index contributed by atoms with van der Waals surface area (Å²) in [6, 6.07) is 8.04. The van der Waals surface area contributed by atoms with Gasteiger partial charge in [-0.1, -0.05) is 25.5 Å². The maximum absolute atomic E-state index is 5.17. The minimum atomic E-state index is 0.889. The molecule has 0 saturated heterocycles. The Kier molecular flexibility index (Phi) is 4.17. The van der Waals surface area contributed by atoms with Crippen LogP contribution in [0.15, 0.2) is 29.3 Å². The maximum Gasteiger partial charge on any atom is 0.119 e. The lowest BCUT2D eigenvalue weighted by Gasteiger charge is -2.06. The van der Waals surface area contributed by atoms with E-state index in [1.165, 1.54) is 0 Å². The molecule has 0 N–H and O–H groups in total. The van der Waals surface area contributed by atoms with E-state index in [1.54, 1.807) is 7.11 Å². The zero-order chi connectivity index (χ0) is 10.4. The lowest BCUT2D eigenvalue weighted by molar-refractivity contribution is 0.414. The van der Waals surface area contributed by atoms with E-state index in [-0.39, 0.29) is 0 Å². The third-order valence-electron chi connectivity index (χ3n) is 2.16. The minimum absolute atomic E-state index is 0.889. The van der Waals surface area contributed by atoms with Gasteiger partial charge in [-0.3, -0.25) is 4.99 Å². The van der Waals surface area contributed by atoms with E-state index in [1.807, 2.05) is 25.2 Å². The SMILES string of the molecule is CCCC(=NC)c1cccc(OC)c1. The topological polar surface area (TPSA) is 21.6 Å². The predicted molar refractivity (Wildman–Crippen MR) is 60.4 cm³/mol. The second-order valence-electron chi connectivity index (χ2n) is 3.15. The van der Waals surface area contributed by atoms with Crippen LogP contribution < -0.4 is 4.74 Å². The molecule has 1 aromatic carbocycles. The summed E-state index contributed by atoms with van der Waals surface area (Å²) in [7, 11) is 3.52. The standard InChI is InChI=1S/C12H17NO/c1-4-6-12(13-2)10-7-5-8-11(9-10)14-3/h5,7-9H,4,6H2,1-3H3. The molecule has 0 heterocycles. The highest BCUT2D eigenvalue weighted by Crippen LogP contribution is 2.15. The van der Waals surface area contributed by atoms with Gasteiger partial charge in [0.05, 0.1) is 7.11 Å². The van der Waals surface area contributed by atoms with Crippen molar-refractivity contribution in [3.05, 3.63) is 29.8 Å². The zero-order valence-corrected chi connectivity index (χ0v) is 9.08. The van der Waals surface area contributed by atoms with Crippen LogP contribution in [0.4, 0.5) is 0 Å². The normalized spacial score (nSPS) is 11.5. The van der Waals surface area contributed by atoms with Crippen LogP contribution in [0.25, 0.3) is 0 Å². The van der Waals surface area contributed by atoms with Crippen molar-refractivity contribution in [3.8, 4) is 5.75 Å². The predicted octanol–water partition coefficient (Wildman–Crippen LogP) is 2.91. The van der Waals surface area contributed by atoms with Crippen LogP contribution in [0.2, 0.25) is 0 Å². The van der Waals surface area contributed by atoms with Crippen LogP contribution in [0, 0.1) is 0 Å². The quantitative estimate of drug-likeness (QED) is 0.670. The van der Waals surface area contributed by atoms with Crippen LogP contribution in [-0.2, 0) is 0 Å². The largest absolute Gasteiger partial charge is 0.497 e. The highest BCUT2D eigenvalue weighted by molar-refractivity contribution is 6.00. The summed E-state index contributed by atoms with van der Waals surface area (Å²) in [6.45, 7) is 2.16. The summed E-state index contributed by atoms with van der Waals surface area (Å²) in [5, 5.41) is 0. The number of hydrogen-bond donors (Lipinski definition) is 0. The van der Waals surface area contributed by atoms with Crippen molar-refractivity contribution in [2.75, 3.05) is 14.2 Å². The molecule has 0 amide bonds. The highest BCUT2D eigenvalue weighted by atomic mass is 16.5. The fourth-order valence-corrected chi connectivity index (χ4v) is 1.42. The van der Waals surface area contributed by atoms with E-state index in [0.29, 0.717) is 0 Å². The number of methoxy groups -OCH3 is 1. The molecular formula is C12H17NO. The Bertz CT molecular complexity index is 318. The van der Waals surface area contributed by atoms with E-state index in [2.05, 4.69) is 18.0 Å². The van der Waals surface area contributed by atoms with Gasteiger partial charge < -0.3 is 4.74 Å². The van der Waals surface area contributed by atoms with Gasteiger partial charge in [-0.05, 0) is 24.1 Å². The average Bonchev–Trinajstić information content (AvgIpc) is 2.26. The van der Waals surface area contributed by atoms with Gasteiger partial charge in [0.1, 0.15) is 5.75 Å². The van der Waals surface area contributed by atoms with E-state index >= 15 is 0 Å². The van der Waals surface area contributed by atoms with E-state index in [0.717, 1.165) is 29.9 Å². The molecule has 0 saturated carbocycles. The molecule has 0 aliphatic heterocycles. The molecule has 76 valence electrons. The zero-order valence-electron chi connectivity index (χ0n) is 9.08. The van der Waals surface area contributed by atoms with Gasteiger partial charge in [0, 0.05) is 12.8 Å². The first kappa shape index (κ1) is 10.8. The summed E-state index contributed by atoms with van der Waals surface area (Å²) in [6.07, 6.45) is 2.13. The number of aliphatic imine (C=N–C) groups is 1. The van der Waals surface area contributed by atoms with Gasteiger partial charge >= 0.3 is 0 Å². The highest BCUT2D eigenvalue weighted by Gasteiger charge is 2.02. The Morgan fingerprint density at radius 3 is 2.79 bits per heavy atom. The van der Waals surface area contributed by atoms with Gasteiger partial charge in [0.2, 0.25) is 0 Å². The van der Waals surface area contributed by atoms with Crippen molar-refractivity contribution in [1.82, 2.24) is 0 Å². The molecule has 0 aliphatic rings. The Morgan fingerprint density at radius 2 is 2.21 bits per heavy atom. The molecule has 0 atom stereocenters. The van der Waals surface area contributed by atoms with Crippen molar-refractivity contribution < 1.29 is 4.74 Å². The summed E-state index contributed by atoms with van der Waals surface area (Å²) in [5.74, 6) is 0.889. The Morgan fingerprint density at radius 1 is 1.43 bits per heavy atom. The summed E-state index contributed by atoms with van der Waals surface area (Å²) in [4.78, 5) is 4.28. The number of benzene rings is 1. The Labute approximate surface area is 85.6 Å². The van der Waals surface area contributed by atoms with E-state index < -0.39 is 0 Å². The molecule has 0 aliphatic carbocycles. The lowest BCUT2D eigenvalue weighted by Crippen LogP contribution is -2.00. The summed E-state index contributed by atoms with van der Waals surface area (Å²) in [5.41, 5.74) is 2.31. The Hall–Kier alpha value is -1.31. The third-order valence-corrected chi connectivity index (χ3v) is 2.16. The Balaban J connectivity index is 2.93. The van der Waals surface area contributed by atoms with Crippen LogP contribution in [0.5, 0.6) is 5.75 Å². The van der Waals surface area contributed by atoms with Crippen molar-refractivity contribution in [2.24, 2.45) is 4.99 Å². The molecule has 0 unspecified atom stereocenters. The number of ether oxygens (including phenoxy) is 1. The molecule has 2 heteroatoms. The first-order chi connectivity index (χ1) is 6.81. The van der Waals surface area contributed by atoms with Gasteiger partial charge in [-0.25, -0.2) is 0 Å². The number of hydrogen-bond acceptors (Lipinski definition) is 2. The molecular weight excluding hydrogens is 174 g/mol. The number of nitrogens with zero attached hydrogens (tertiary/aromatic N) is 1. The number of rotatable bonds is 4. The average molecular weight is 191 g/mol. The van der Waals surface area contributed by atoms with Crippen molar-refractivity contribution >= 4 is 5.71 Å². The van der Waals surface area contributed by atoms with Crippen LogP contribution >= 0.6 is 0 Å². The summed E-state index contributed by atoms with van der Waals surface area (Å²) >= 11 is 0. The first-order valence-corrected chi connectivity index (χ1v) is 4.92. The summed E-state index contributed by atoms with van der Waals surface area (Å²) < 4.78 is 5.17. The smallest absolute Gasteiger partial charge is 0.119 e. The molecule has 2 nitrogen and oxygen atoms in total. The molecule has 0 radical (unpaired) electrons. The molecule has 0 fully saturated rings. The maximum atomic E-state index is 5.17. The van der Waals surface area contributed by atoms with E-state index in [9.17, 15) is 0 Å². The van der Waals surface area contributed by atoms with E-state index in [4.69, 9.17) is 4.74 Å². The molecule has 14 heavy (non-hydrogen) atoms. The molecule has 1 aromatic rings. The lowest BCUT2D eigenvalue weighted by atomic mass is 10.1. The van der Waals surface area contributed by atoms with Crippen molar-refractivity contribution in [1.29, 1.82) is 0 Å². The monoisotopic (exact) mass is 191 g/mol. The van der Waals surface area contributed by atoms with Crippen LogP contribution in [0.1, 0.15) is 25.3 Å². The fourth-order valence-electron chi connectivity index (χ4n) is 1.42. The second kappa shape index (κ2) is 5.43. The van der Waals surface area contributed by atoms with Crippen molar-refractivity contribution in [3.63, 3.8) is 0 Å². The minimum Gasteiger partial charge on any atom is -0.497 e. The first-order valence-electron chi connectivity index (χ1n) is 4.92.